The van der Waals surface area contributed by atoms with Crippen molar-refractivity contribution in [2.24, 2.45) is 0 Å². The number of fused-ring (bicyclic) bond motifs is 2. The van der Waals surface area contributed by atoms with Crippen LogP contribution < -0.4 is 14.4 Å². The Kier molecular flexibility index (Phi) is 2.43. The van der Waals surface area contributed by atoms with Crippen LogP contribution >= 0.6 is 0 Å². The van der Waals surface area contributed by atoms with Gasteiger partial charge in [0.15, 0.2) is 11.5 Å². The molecule has 0 saturated carbocycles. The number of hydrogen-bond donors (Lipinski definition) is 0. The zero-order chi connectivity index (χ0) is 13.5. The summed E-state index contributed by atoms with van der Waals surface area (Å²) in [5.41, 5.74) is 1.47. The Morgan fingerprint density at radius 3 is 2.60 bits per heavy atom. The van der Waals surface area contributed by atoms with Crippen molar-refractivity contribution < 1.29 is 9.47 Å². The van der Waals surface area contributed by atoms with Crippen LogP contribution in [-0.2, 0) is 0 Å². The first-order valence-corrected chi connectivity index (χ1v) is 6.74. The fourth-order valence-electron chi connectivity index (χ4n) is 2.81. The lowest BCUT2D eigenvalue weighted by molar-refractivity contribution is 0.174. The van der Waals surface area contributed by atoms with E-state index in [1.807, 2.05) is 18.2 Å². The fourth-order valence-corrected chi connectivity index (χ4v) is 2.81. The summed E-state index contributed by atoms with van der Waals surface area (Å²) in [4.78, 5) is 6.86. The van der Waals surface area contributed by atoms with Gasteiger partial charge in [0.05, 0.1) is 11.1 Å². The summed E-state index contributed by atoms with van der Waals surface area (Å²) in [6.45, 7) is 2.19. The summed E-state index contributed by atoms with van der Waals surface area (Å²) < 4.78 is 10.8. The third kappa shape index (κ3) is 1.65. The highest BCUT2D eigenvalue weighted by Gasteiger charge is 2.20. The number of ether oxygens (including phenoxy) is 2. The van der Waals surface area contributed by atoms with E-state index in [0.29, 0.717) is 5.56 Å². The molecule has 4 rings (SSSR count). The van der Waals surface area contributed by atoms with Gasteiger partial charge in [-0.15, -0.1) is 0 Å². The van der Waals surface area contributed by atoms with E-state index in [-0.39, 0.29) is 6.79 Å². The predicted octanol–water partition coefficient (Wildman–Crippen LogP) is 2.44. The van der Waals surface area contributed by atoms with E-state index < -0.39 is 0 Å². The van der Waals surface area contributed by atoms with Gasteiger partial charge < -0.3 is 14.4 Å². The van der Waals surface area contributed by atoms with Crippen molar-refractivity contribution >= 4 is 16.7 Å². The number of nitrogens with zero attached hydrogens (tertiary/aromatic N) is 3. The Bertz CT molecular complexity index is 730. The van der Waals surface area contributed by atoms with Gasteiger partial charge in [0, 0.05) is 24.5 Å². The molecule has 1 fully saturated rings. The lowest BCUT2D eigenvalue weighted by atomic mass is 10.1. The first kappa shape index (κ1) is 11.4. The van der Waals surface area contributed by atoms with Crippen LogP contribution in [-0.4, -0.2) is 24.9 Å². The van der Waals surface area contributed by atoms with Gasteiger partial charge in [0.2, 0.25) is 6.79 Å². The minimum Gasteiger partial charge on any atom is -0.454 e. The van der Waals surface area contributed by atoms with Crippen LogP contribution in [0, 0.1) is 11.3 Å². The molecule has 1 aromatic heterocycles. The first-order valence-electron chi connectivity index (χ1n) is 6.74. The average molecular weight is 267 g/mol. The summed E-state index contributed by atoms with van der Waals surface area (Å²) in [6, 6.07) is 7.92. The van der Waals surface area contributed by atoms with Crippen LogP contribution in [0.5, 0.6) is 11.5 Å². The van der Waals surface area contributed by atoms with Gasteiger partial charge in [0.1, 0.15) is 11.9 Å². The van der Waals surface area contributed by atoms with Crippen molar-refractivity contribution in [3.05, 3.63) is 23.8 Å². The van der Waals surface area contributed by atoms with Crippen molar-refractivity contribution in [1.29, 1.82) is 5.26 Å². The standard InChI is InChI=1S/C15H13N3O2/c16-8-11-5-10-6-13-14(20-9-19-13)7-12(10)17-15(11)18-3-1-2-4-18/h5-7H,1-4,9H2. The number of aromatic nitrogens is 1. The molecule has 0 unspecified atom stereocenters. The second-order valence-corrected chi connectivity index (χ2v) is 5.06. The largest absolute Gasteiger partial charge is 0.454 e. The summed E-state index contributed by atoms with van der Waals surface area (Å²) in [7, 11) is 0. The molecule has 0 aliphatic carbocycles. The maximum Gasteiger partial charge on any atom is 0.231 e. The molecule has 0 N–H and O–H groups in total. The quantitative estimate of drug-likeness (QED) is 0.794. The van der Waals surface area contributed by atoms with Gasteiger partial charge in [0.25, 0.3) is 0 Å². The van der Waals surface area contributed by atoms with E-state index in [2.05, 4.69) is 16.0 Å². The highest BCUT2D eigenvalue weighted by molar-refractivity contribution is 5.86. The third-order valence-corrected chi connectivity index (χ3v) is 3.82. The molecule has 1 aromatic carbocycles. The van der Waals surface area contributed by atoms with Crippen molar-refractivity contribution in [3.8, 4) is 17.6 Å². The van der Waals surface area contributed by atoms with Crippen LogP contribution in [0.1, 0.15) is 18.4 Å². The molecule has 0 spiro atoms. The van der Waals surface area contributed by atoms with E-state index in [1.54, 1.807) is 0 Å². The Balaban J connectivity index is 1.91. The Morgan fingerprint density at radius 2 is 1.85 bits per heavy atom. The summed E-state index contributed by atoms with van der Waals surface area (Å²) in [6.07, 6.45) is 2.32. The van der Waals surface area contributed by atoms with Gasteiger partial charge in [-0.1, -0.05) is 0 Å². The normalized spacial score (nSPS) is 16.6. The fraction of sp³-hybridized carbons (Fsp3) is 0.333. The third-order valence-electron chi connectivity index (χ3n) is 3.82. The van der Waals surface area contributed by atoms with Crippen LogP contribution in [0.4, 0.5) is 5.82 Å². The molecular weight excluding hydrogens is 254 g/mol. The molecular formula is C15H13N3O2. The summed E-state index contributed by atoms with van der Waals surface area (Å²) in [5, 5.41) is 10.3. The lowest BCUT2D eigenvalue weighted by Gasteiger charge is -2.18. The van der Waals surface area contributed by atoms with Gasteiger partial charge in [-0.05, 0) is 25.0 Å². The van der Waals surface area contributed by atoms with Crippen molar-refractivity contribution in [2.75, 3.05) is 24.8 Å². The maximum absolute atomic E-state index is 9.36. The van der Waals surface area contributed by atoms with E-state index in [0.717, 1.165) is 54.2 Å². The molecule has 0 amide bonds. The van der Waals surface area contributed by atoms with Gasteiger partial charge in [-0.2, -0.15) is 5.26 Å². The molecule has 2 aliphatic rings. The highest BCUT2D eigenvalue weighted by Crippen LogP contribution is 2.37. The molecule has 2 aromatic rings. The van der Waals surface area contributed by atoms with Gasteiger partial charge in [-0.3, -0.25) is 0 Å². The number of benzene rings is 1. The number of pyridine rings is 1. The van der Waals surface area contributed by atoms with Crippen LogP contribution in [0.3, 0.4) is 0 Å². The monoisotopic (exact) mass is 267 g/mol. The van der Waals surface area contributed by atoms with Gasteiger partial charge in [-0.25, -0.2) is 4.98 Å². The minimum atomic E-state index is 0.246. The number of nitriles is 1. The van der Waals surface area contributed by atoms with Crippen LogP contribution in [0.15, 0.2) is 18.2 Å². The lowest BCUT2D eigenvalue weighted by Crippen LogP contribution is -2.20. The summed E-state index contributed by atoms with van der Waals surface area (Å²) in [5.74, 6) is 2.23. The molecule has 0 bridgehead atoms. The molecule has 20 heavy (non-hydrogen) atoms. The van der Waals surface area contributed by atoms with Gasteiger partial charge >= 0.3 is 0 Å². The molecule has 100 valence electrons. The first-order chi connectivity index (χ1) is 9.85. The molecule has 1 saturated heterocycles. The number of anilines is 1. The molecule has 0 atom stereocenters. The molecule has 5 nitrogen and oxygen atoms in total. The predicted molar refractivity (Wildman–Crippen MR) is 74.0 cm³/mol. The van der Waals surface area contributed by atoms with E-state index in [4.69, 9.17) is 9.47 Å². The molecule has 3 heterocycles. The van der Waals surface area contributed by atoms with Crippen molar-refractivity contribution in [3.63, 3.8) is 0 Å². The number of hydrogen-bond acceptors (Lipinski definition) is 5. The minimum absolute atomic E-state index is 0.246. The van der Waals surface area contributed by atoms with Crippen LogP contribution in [0.25, 0.3) is 10.9 Å². The number of rotatable bonds is 1. The highest BCUT2D eigenvalue weighted by atomic mass is 16.7. The zero-order valence-corrected chi connectivity index (χ0v) is 10.9. The van der Waals surface area contributed by atoms with E-state index in [1.165, 1.54) is 0 Å². The Hall–Kier alpha value is -2.48. The zero-order valence-electron chi connectivity index (χ0n) is 10.9. The second kappa shape index (κ2) is 4.27. The topological polar surface area (TPSA) is 58.4 Å². The molecule has 0 radical (unpaired) electrons. The maximum atomic E-state index is 9.36. The molecule has 2 aliphatic heterocycles. The average Bonchev–Trinajstić information content (AvgIpc) is 3.14. The van der Waals surface area contributed by atoms with Crippen LogP contribution in [0.2, 0.25) is 0 Å². The van der Waals surface area contributed by atoms with Crippen molar-refractivity contribution in [1.82, 2.24) is 4.98 Å². The van der Waals surface area contributed by atoms with E-state index in [9.17, 15) is 5.26 Å². The second-order valence-electron chi connectivity index (χ2n) is 5.06. The van der Waals surface area contributed by atoms with E-state index >= 15 is 0 Å². The SMILES string of the molecule is N#Cc1cc2cc3c(cc2nc1N1CCCC1)OCO3. The summed E-state index contributed by atoms with van der Waals surface area (Å²) >= 11 is 0. The Morgan fingerprint density at radius 1 is 1.10 bits per heavy atom. The molecule has 5 heteroatoms. The smallest absolute Gasteiger partial charge is 0.231 e. The van der Waals surface area contributed by atoms with Crippen molar-refractivity contribution in [2.45, 2.75) is 12.8 Å². The Labute approximate surface area is 116 Å².